The summed E-state index contributed by atoms with van der Waals surface area (Å²) in [7, 11) is 0. The van der Waals surface area contributed by atoms with Crippen LogP contribution in [0.15, 0.2) is 0 Å². The van der Waals surface area contributed by atoms with E-state index < -0.39 is 5.97 Å². The molecule has 1 heterocycles. The van der Waals surface area contributed by atoms with Gasteiger partial charge in [0.05, 0.1) is 0 Å². The summed E-state index contributed by atoms with van der Waals surface area (Å²) < 4.78 is 0. The third kappa shape index (κ3) is 1.52. The Morgan fingerprint density at radius 1 is 1.78 bits per heavy atom. The van der Waals surface area contributed by atoms with E-state index in [4.69, 9.17) is 5.11 Å². The zero-order chi connectivity index (χ0) is 6.69. The van der Waals surface area contributed by atoms with Gasteiger partial charge in [-0.1, -0.05) is 0 Å². The zero-order valence-corrected chi connectivity index (χ0v) is 5.13. The van der Waals surface area contributed by atoms with E-state index >= 15 is 0 Å². The van der Waals surface area contributed by atoms with Crippen LogP contribution in [0.25, 0.3) is 0 Å². The van der Waals surface area contributed by atoms with Gasteiger partial charge < -0.3 is 5.11 Å². The summed E-state index contributed by atoms with van der Waals surface area (Å²) in [5.74, 6) is -0.856. The molecule has 3 heteroatoms. The maximum absolute atomic E-state index is 10.3. The van der Waals surface area contributed by atoms with Crippen molar-refractivity contribution in [1.29, 1.82) is 0 Å². The van der Waals surface area contributed by atoms with Crippen LogP contribution in [0.1, 0.15) is 12.8 Å². The molecule has 0 saturated carbocycles. The summed E-state index contributed by atoms with van der Waals surface area (Å²) in [6.07, 6.45) is 3.57. The van der Waals surface area contributed by atoms with Gasteiger partial charge in [0.15, 0.2) is 6.54 Å². The van der Waals surface area contributed by atoms with Gasteiger partial charge in [-0.2, -0.15) is 0 Å². The Balaban J connectivity index is 2.44. The molecule has 1 unspecified atom stereocenters. The molecule has 0 saturated heterocycles. The van der Waals surface area contributed by atoms with Crippen LogP contribution in [-0.2, 0) is 4.79 Å². The second kappa shape index (κ2) is 2.62. The second-order valence-corrected chi connectivity index (χ2v) is 2.22. The minimum absolute atomic E-state index is 0.171. The molecule has 0 aliphatic carbocycles. The number of hydrogen-bond donors (Lipinski definition) is 2. The van der Waals surface area contributed by atoms with Gasteiger partial charge in [-0.15, -0.1) is 0 Å². The van der Waals surface area contributed by atoms with Crippen LogP contribution in [0.4, 0.5) is 0 Å². The first kappa shape index (κ1) is 6.26. The smallest absolute Gasteiger partial charge is 0.312 e. The van der Waals surface area contributed by atoms with E-state index in [0.717, 1.165) is 12.8 Å². The van der Waals surface area contributed by atoms with E-state index in [1.165, 1.54) is 0 Å². The van der Waals surface area contributed by atoms with Crippen LogP contribution in [0.5, 0.6) is 0 Å². The molecule has 3 nitrogen and oxygen atoms in total. The molecule has 1 aliphatic rings. The van der Waals surface area contributed by atoms with Gasteiger partial charge in [-0.05, 0) is 6.42 Å². The molecule has 0 aromatic carbocycles. The van der Waals surface area contributed by atoms with Crippen LogP contribution in [0, 0.1) is 5.92 Å². The normalized spacial score (nSPS) is 26.0. The minimum Gasteiger partial charge on any atom is -0.481 e. The van der Waals surface area contributed by atoms with Crippen LogP contribution in [-0.4, -0.2) is 23.8 Å². The molecular weight excluding hydrogens is 118 g/mol. The summed E-state index contributed by atoms with van der Waals surface area (Å²) in [6.45, 7) is 0.593. The maximum atomic E-state index is 10.3. The van der Waals surface area contributed by atoms with E-state index in [0.29, 0.717) is 6.54 Å². The third-order valence-electron chi connectivity index (χ3n) is 1.52. The van der Waals surface area contributed by atoms with Crippen LogP contribution in [0.2, 0.25) is 0 Å². The Bertz CT molecular complexity index is 142. The molecule has 0 aromatic heterocycles. The SMILES string of the molecule is O=C(O)C1CCC=[NH+]C1. The van der Waals surface area contributed by atoms with Gasteiger partial charge in [-0.3, -0.25) is 9.79 Å². The molecule has 1 atom stereocenters. The molecule has 9 heavy (non-hydrogen) atoms. The fraction of sp³-hybridized carbons (Fsp3) is 0.667. The van der Waals surface area contributed by atoms with Crippen molar-refractivity contribution >= 4 is 12.2 Å². The Morgan fingerprint density at radius 2 is 2.56 bits per heavy atom. The summed E-state index contributed by atoms with van der Waals surface area (Å²) in [6, 6.07) is 0. The highest BCUT2D eigenvalue weighted by atomic mass is 16.4. The van der Waals surface area contributed by atoms with Crippen molar-refractivity contribution in [1.82, 2.24) is 0 Å². The summed E-state index contributed by atoms with van der Waals surface area (Å²) in [5.41, 5.74) is 0. The minimum atomic E-state index is -0.685. The van der Waals surface area contributed by atoms with Crippen molar-refractivity contribution in [2.75, 3.05) is 6.54 Å². The molecule has 0 aromatic rings. The second-order valence-electron chi connectivity index (χ2n) is 2.22. The fourth-order valence-electron chi connectivity index (χ4n) is 0.925. The van der Waals surface area contributed by atoms with Crippen molar-refractivity contribution in [3.8, 4) is 0 Å². The predicted octanol–water partition coefficient (Wildman–Crippen LogP) is -1.37. The standard InChI is InChI=1S/C6H9NO2/c8-6(9)5-2-1-3-7-4-5/h3,5H,1-2,4H2,(H,8,9)/p+1. The van der Waals surface area contributed by atoms with E-state index in [-0.39, 0.29) is 5.92 Å². The van der Waals surface area contributed by atoms with E-state index in [1.54, 1.807) is 0 Å². The maximum Gasteiger partial charge on any atom is 0.312 e. The molecule has 0 radical (unpaired) electrons. The van der Waals surface area contributed by atoms with E-state index in [2.05, 4.69) is 4.99 Å². The average Bonchev–Trinajstić information content (AvgIpc) is 1.90. The predicted molar refractivity (Wildman–Crippen MR) is 32.3 cm³/mol. The number of carbonyl (C=O) groups is 1. The molecule has 50 valence electrons. The molecule has 1 aliphatic heterocycles. The fourth-order valence-corrected chi connectivity index (χ4v) is 0.925. The van der Waals surface area contributed by atoms with E-state index in [9.17, 15) is 4.79 Å². The highest BCUT2D eigenvalue weighted by molar-refractivity contribution is 5.71. The number of carboxylic acid groups (broad SMARTS) is 1. The number of nitrogens with one attached hydrogen (secondary N) is 1. The van der Waals surface area contributed by atoms with Crippen molar-refractivity contribution in [2.45, 2.75) is 12.8 Å². The van der Waals surface area contributed by atoms with Gasteiger partial charge in [0.25, 0.3) is 0 Å². The Kier molecular flexibility index (Phi) is 1.82. The molecule has 2 N–H and O–H groups in total. The molecule has 1 rings (SSSR count). The van der Waals surface area contributed by atoms with Crippen molar-refractivity contribution in [2.24, 2.45) is 5.92 Å². The lowest BCUT2D eigenvalue weighted by molar-refractivity contribution is -0.465. The summed E-state index contributed by atoms with van der Waals surface area (Å²) in [4.78, 5) is 13.2. The van der Waals surface area contributed by atoms with Crippen LogP contribution < -0.4 is 4.99 Å². The Labute approximate surface area is 53.4 Å². The van der Waals surface area contributed by atoms with Gasteiger partial charge in [-0.25, -0.2) is 0 Å². The zero-order valence-electron chi connectivity index (χ0n) is 5.13. The summed E-state index contributed by atoms with van der Waals surface area (Å²) >= 11 is 0. The lowest BCUT2D eigenvalue weighted by atomic mass is 10.0. The van der Waals surface area contributed by atoms with Crippen molar-refractivity contribution < 1.29 is 14.9 Å². The molecule has 0 bridgehead atoms. The van der Waals surface area contributed by atoms with Crippen LogP contribution >= 0.6 is 0 Å². The number of aliphatic carboxylic acids is 1. The first-order chi connectivity index (χ1) is 4.30. The van der Waals surface area contributed by atoms with Gasteiger partial charge in [0, 0.05) is 6.42 Å². The third-order valence-corrected chi connectivity index (χ3v) is 1.52. The molecule has 0 spiro atoms. The Hall–Kier alpha value is -0.860. The first-order valence-corrected chi connectivity index (χ1v) is 3.08. The first-order valence-electron chi connectivity index (χ1n) is 3.08. The Morgan fingerprint density at radius 3 is 2.89 bits per heavy atom. The topological polar surface area (TPSA) is 51.3 Å². The molecule has 0 amide bonds. The summed E-state index contributed by atoms with van der Waals surface area (Å²) in [5, 5.41) is 8.48. The van der Waals surface area contributed by atoms with Crippen LogP contribution in [0.3, 0.4) is 0 Å². The van der Waals surface area contributed by atoms with E-state index in [1.807, 2.05) is 6.21 Å². The average molecular weight is 128 g/mol. The number of rotatable bonds is 1. The van der Waals surface area contributed by atoms with Gasteiger partial charge >= 0.3 is 5.97 Å². The number of carboxylic acids is 1. The quantitative estimate of drug-likeness (QED) is 0.458. The molecule has 0 fully saturated rings. The van der Waals surface area contributed by atoms with Crippen molar-refractivity contribution in [3.05, 3.63) is 0 Å². The lowest BCUT2D eigenvalue weighted by Gasteiger charge is -2.06. The van der Waals surface area contributed by atoms with Gasteiger partial charge in [0.2, 0.25) is 0 Å². The van der Waals surface area contributed by atoms with Gasteiger partial charge in [0.1, 0.15) is 12.1 Å². The monoisotopic (exact) mass is 128 g/mol. The number of hydrogen-bond acceptors (Lipinski definition) is 1. The lowest BCUT2D eigenvalue weighted by Crippen LogP contribution is -2.73. The van der Waals surface area contributed by atoms with Crippen molar-refractivity contribution in [3.63, 3.8) is 0 Å². The highest BCUT2D eigenvalue weighted by Crippen LogP contribution is 2.03. The largest absolute Gasteiger partial charge is 0.481 e. The highest BCUT2D eigenvalue weighted by Gasteiger charge is 2.21. The molecular formula is C6H10NO2+.